The smallest absolute Gasteiger partial charge is 0.162 e. The molecule has 4 heteroatoms. The highest BCUT2D eigenvalue weighted by Gasteiger charge is 2.53. The first-order chi connectivity index (χ1) is 9.18. The van der Waals surface area contributed by atoms with Gasteiger partial charge >= 0.3 is 0 Å². The molecule has 0 radical (unpaired) electrons. The molecule has 2 aliphatic rings. The minimum atomic E-state index is 0.555. The lowest BCUT2D eigenvalue weighted by atomic mass is 10.0. The Labute approximate surface area is 114 Å². The summed E-state index contributed by atoms with van der Waals surface area (Å²) in [5, 5.41) is 3.50. The molecular weight excluding hydrogens is 240 g/mol. The first kappa shape index (κ1) is 12.5. The average molecular weight is 262 g/mol. The van der Waals surface area contributed by atoms with Crippen LogP contribution in [0.5, 0.6) is 11.5 Å². The lowest BCUT2D eigenvalue weighted by molar-refractivity contribution is 0.355. The lowest BCUT2D eigenvalue weighted by Gasteiger charge is -2.18. The maximum absolute atomic E-state index is 6.06. The number of hydrogen-bond acceptors (Lipinski definition) is 4. The van der Waals surface area contributed by atoms with Crippen LogP contribution >= 0.6 is 0 Å². The topological polar surface area (TPSA) is 56.5 Å². The third kappa shape index (κ3) is 2.31. The standard InChI is InChI=1S/C15H22N2O2/c1-18-13-7-11(16)12(8-14(13)19-2)17-9-15(5-6-15)10-3-4-10/h7-8,10,17H,3-6,9,16H2,1-2H3. The molecule has 3 rings (SSSR count). The van der Waals surface area contributed by atoms with Crippen LogP contribution in [0.15, 0.2) is 12.1 Å². The van der Waals surface area contributed by atoms with Crippen molar-refractivity contribution in [2.75, 3.05) is 31.8 Å². The van der Waals surface area contributed by atoms with Gasteiger partial charge in [0.15, 0.2) is 11.5 Å². The zero-order chi connectivity index (χ0) is 13.5. The molecule has 0 aliphatic heterocycles. The Morgan fingerprint density at radius 2 is 1.84 bits per heavy atom. The van der Waals surface area contributed by atoms with E-state index < -0.39 is 0 Å². The van der Waals surface area contributed by atoms with Crippen molar-refractivity contribution in [2.24, 2.45) is 11.3 Å². The highest BCUT2D eigenvalue weighted by molar-refractivity contribution is 5.72. The van der Waals surface area contributed by atoms with Crippen molar-refractivity contribution in [3.63, 3.8) is 0 Å². The van der Waals surface area contributed by atoms with Crippen LogP contribution < -0.4 is 20.5 Å². The minimum Gasteiger partial charge on any atom is -0.493 e. The molecule has 0 saturated heterocycles. The van der Waals surface area contributed by atoms with Crippen molar-refractivity contribution in [2.45, 2.75) is 25.7 Å². The predicted molar refractivity (Wildman–Crippen MR) is 76.8 cm³/mol. The van der Waals surface area contributed by atoms with Crippen molar-refractivity contribution in [1.82, 2.24) is 0 Å². The highest BCUT2D eigenvalue weighted by atomic mass is 16.5. The van der Waals surface area contributed by atoms with Gasteiger partial charge in [0, 0.05) is 18.7 Å². The molecule has 0 amide bonds. The zero-order valence-corrected chi connectivity index (χ0v) is 11.7. The van der Waals surface area contributed by atoms with Crippen molar-refractivity contribution >= 4 is 11.4 Å². The van der Waals surface area contributed by atoms with E-state index in [0.29, 0.717) is 16.9 Å². The fraction of sp³-hybridized carbons (Fsp3) is 0.600. The quantitative estimate of drug-likeness (QED) is 0.774. The van der Waals surface area contributed by atoms with Crippen LogP contribution in [0.1, 0.15) is 25.7 Å². The summed E-state index contributed by atoms with van der Waals surface area (Å²) in [7, 11) is 3.26. The fourth-order valence-electron chi connectivity index (χ4n) is 2.90. The first-order valence-electron chi connectivity index (χ1n) is 6.94. The monoisotopic (exact) mass is 262 g/mol. The number of nitrogens with one attached hydrogen (secondary N) is 1. The summed E-state index contributed by atoms with van der Waals surface area (Å²) in [6, 6.07) is 3.75. The molecule has 19 heavy (non-hydrogen) atoms. The van der Waals surface area contributed by atoms with Gasteiger partial charge in [-0.1, -0.05) is 0 Å². The third-order valence-corrected chi connectivity index (χ3v) is 4.52. The molecule has 0 spiro atoms. The normalized spacial score (nSPS) is 19.9. The molecular formula is C15H22N2O2. The largest absolute Gasteiger partial charge is 0.493 e. The highest BCUT2D eigenvalue weighted by Crippen LogP contribution is 2.61. The van der Waals surface area contributed by atoms with Gasteiger partial charge in [-0.3, -0.25) is 0 Å². The SMILES string of the molecule is COc1cc(N)c(NCC2(C3CC3)CC2)cc1OC. The van der Waals surface area contributed by atoms with E-state index in [4.69, 9.17) is 15.2 Å². The minimum absolute atomic E-state index is 0.555. The molecule has 0 aromatic heterocycles. The molecule has 4 nitrogen and oxygen atoms in total. The zero-order valence-electron chi connectivity index (χ0n) is 11.7. The van der Waals surface area contributed by atoms with Gasteiger partial charge in [-0.05, 0) is 37.0 Å². The van der Waals surface area contributed by atoms with E-state index in [-0.39, 0.29) is 0 Å². The second-order valence-corrected chi connectivity index (χ2v) is 5.78. The van der Waals surface area contributed by atoms with Gasteiger partial charge in [-0.2, -0.15) is 0 Å². The summed E-state index contributed by atoms with van der Waals surface area (Å²) in [5.74, 6) is 2.34. The van der Waals surface area contributed by atoms with Crippen LogP contribution in [0.2, 0.25) is 0 Å². The summed E-state index contributed by atoms with van der Waals surface area (Å²) >= 11 is 0. The Kier molecular flexibility index (Phi) is 2.96. The second kappa shape index (κ2) is 4.51. The Morgan fingerprint density at radius 1 is 1.21 bits per heavy atom. The molecule has 1 aromatic carbocycles. The molecule has 2 fully saturated rings. The van der Waals surface area contributed by atoms with Gasteiger partial charge in [-0.15, -0.1) is 0 Å². The summed E-state index contributed by atoms with van der Waals surface area (Å²) in [6.07, 6.45) is 5.53. The first-order valence-corrected chi connectivity index (χ1v) is 6.94. The van der Waals surface area contributed by atoms with Crippen LogP contribution in [0.4, 0.5) is 11.4 Å². The molecule has 0 unspecified atom stereocenters. The molecule has 0 bridgehead atoms. The van der Waals surface area contributed by atoms with Gasteiger partial charge in [0.25, 0.3) is 0 Å². The maximum atomic E-state index is 6.06. The summed E-state index contributed by atoms with van der Waals surface area (Å²) in [4.78, 5) is 0. The third-order valence-electron chi connectivity index (χ3n) is 4.52. The fourth-order valence-corrected chi connectivity index (χ4v) is 2.90. The van der Waals surface area contributed by atoms with Crippen molar-refractivity contribution in [3.8, 4) is 11.5 Å². The van der Waals surface area contributed by atoms with Gasteiger partial charge in [0.1, 0.15) is 0 Å². The molecule has 104 valence electrons. The molecule has 2 aliphatic carbocycles. The number of benzene rings is 1. The van der Waals surface area contributed by atoms with Crippen LogP contribution in [-0.4, -0.2) is 20.8 Å². The van der Waals surface area contributed by atoms with Crippen molar-refractivity contribution in [1.29, 1.82) is 0 Å². The molecule has 0 heterocycles. The van der Waals surface area contributed by atoms with E-state index in [2.05, 4.69) is 5.32 Å². The lowest BCUT2D eigenvalue weighted by Crippen LogP contribution is -2.18. The van der Waals surface area contributed by atoms with E-state index in [0.717, 1.165) is 23.9 Å². The summed E-state index contributed by atoms with van der Waals surface area (Å²) in [5.41, 5.74) is 8.28. The van der Waals surface area contributed by atoms with E-state index in [9.17, 15) is 0 Å². The van der Waals surface area contributed by atoms with E-state index >= 15 is 0 Å². The van der Waals surface area contributed by atoms with Crippen molar-refractivity contribution in [3.05, 3.63) is 12.1 Å². The second-order valence-electron chi connectivity index (χ2n) is 5.78. The maximum Gasteiger partial charge on any atom is 0.162 e. The number of ether oxygens (including phenoxy) is 2. The van der Waals surface area contributed by atoms with Gasteiger partial charge < -0.3 is 20.5 Å². The Morgan fingerprint density at radius 3 is 2.37 bits per heavy atom. The number of nitrogen functional groups attached to an aromatic ring is 1. The predicted octanol–water partition coefficient (Wildman–Crippen LogP) is 2.89. The Balaban J connectivity index is 1.73. The number of anilines is 2. The van der Waals surface area contributed by atoms with E-state index in [1.165, 1.54) is 25.7 Å². The van der Waals surface area contributed by atoms with E-state index in [1.807, 2.05) is 12.1 Å². The molecule has 3 N–H and O–H groups in total. The van der Waals surface area contributed by atoms with Crippen LogP contribution in [0, 0.1) is 11.3 Å². The number of methoxy groups -OCH3 is 2. The van der Waals surface area contributed by atoms with Gasteiger partial charge in [0.2, 0.25) is 0 Å². The van der Waals surface area contributed by atoms with Crippen LogP contribution in [-0.2, 0) is 0 Å². The number of nitrogens with two attached hydrogens (primary N) is 1. The van der Waals surface area contributed by atoms with Crippen molar-refractivity contribution < 1.29 is 9.47 Å². The molecule has 0 atom stereocenters. The van der Waals surface area contributed by atoms with Crippen LogP contribution in [0.3, 0.4) is 0 Å². The van der Waals surface area contributed by atoms with E-state index in [1.54, 1.807) is 14.2 Å². The van der Waals surface area contributed by atoms with Gasteiger partial charge in [0.05, 0.1) is 25.6 Å². The number of rotatable bonds is 6. The average Bonchev–Trinajstić information content (AvgIpc) is 3.28. The molecule has 2 saturated carbocycles. The Hall–Kier alpha value is -1.58. The van der Waals surface area contributed by atoms with Gasteiger partial charge in [-0.25, -0.2) is 0 Å². The summed E-state index contributed by atoms with van der Waals surface area (Å²) < 4.78 is 10.6. The number of hydrogen-bond donors (Lipinski definition) is 2. The Bertz CT molecular complexity index is 479. The molecule has 1 aromatic rings. The van der Waals surface area contributed by atoms with Crippen LogP contribution in [0.25, 0.3) is 0 Å². The summed E-state index contributed by atoms with van der Waals surface area (Å²) in [6.45, 7) is 1.03.